The molecular formula is C13H16FNO2S. The second-order valence-electron chi connectivity index (χ2n) is 4.52. The number of hydrogen-bond acceptors (Lipinski definition) is 3. The Labute approximate surface area is 110 Å². The molecule has 1 aliphatic carbocycles. The van der Waals surface area contributed by atoms with Gasteiger partial charge in [0.25, 0.3) is 0 Å². The molecule has 0 bridgehead atoms. The van der Waals surface area contributed by atoms with E-state index >= 15 is 0 Å². The van der Waals surface area contributed by atoms with Crippen molar-refractivity contribution in [3.05, 3.63) is 30.1 Å². The smallest absolute Gasteiger partial charge is 0.325 e. The molecule has 1 aromatic rings. The second kappa shape index (κ2) is 5.28. The zero-order chi connectivity index (χ0) is 13.2. The van der Waals surface area contributed by atoms with Gasteiger partial charge in [0.15, 0.2) is 0 Å². The third-order valence-corrected chi connectivity index (χ3v) is 4.64. The standard InChI is InChI=1S/C13H16FNO2S/c1-15-13(12(16)17,9-6-7-9)8-18-11-5-3-2-4-10(11)14/h2-5,9,15H,6-8H2,1H3,(H,16,17). The monoisotopic (exact) mass is 269 g/mol. The maximum atomic E-state index is 13.5. The Morgan fingerprint density at radius 2 is 2.22 bits per heavy atom. The molecule has 0 amide bonds. The molecule has 0 aromatic heterocycles. The molecule has 0 saturated heterocycles. The predicted octanol–water partition coefficient (Wildman–Crippen LogP) is 2.37. The number of benzene rings is 1. The molecule has 1 fully saturated rings. The van der Waals surface area contributed by atoms with Gasteiger partial charge in [0, 0.05) is 10.6 Å². The lowest BCUT2D eigenvalue weighted by molar-refractivity contribution is -0.144. The first-order valence-corrected chi connectivity index (χ1v) is 6.88. The van der Waals surface area contributed by atoms with Gasteiger partial charge in [0.2, 0.25) is 0 Å². The first kappa shape index (κ1) is 13.4. The van der Waals surface area contributed by atoms with Crippen LogP contribution in [0.25, 0.3) is 0 Å². The molecular weight excluding hydrogens is 253 g/mol. The maximum Gasteiger partial charge on any atom is 0.325 e. The molecule has 5 heteroatoms. The lowest BCUT2D eigenvalue weighted by Crippen LogP contribution is -2.54. The van der Waals surface area contributed by atoms with Crippen molar-refractivity contribution in [3.8, 4) is 0 Å². The van der Waals surface area contributed by atoms with E-state index in [0.29, 0.717) is 10.6 Å². The summed E-state index contributed by atoms with van der Waals surface area (Å²) in [6.45, 7) is 0. The van der Waals surface area contributed by atoms with Crippen molar-refractivity contribution in [2.75, 3.05) is 12.8 Å². The van der Waals surface area contributed by atoms with Crippen molar-refractivity contribution >= 4 is 17.7 Å². The zero-order valence-corrected chi connectivity index (χ0v) is 11.0. The van der Waals surface area contributed by atoms with Crippen LogP contribution < -0.4 is 5.32 Å². The van der Waals surface area contributed by atoms with Crippen LogP contribution in [0.15, 0.2) is 29.2 Å². The van der Waals surface area contributed by atoms with Crippen LogP contribution in [0.4, 0.5) is 4.39 Å². The van der Waals surface area contributed by atoms with E-state index in [1.165, 1.54) is 17.8 Å². The summed E-state index contributed by atoms with van der Waals surface area (Å²) in [5, 5.41) is 12.3. The molecule has 0 heterocycles. The Morgan fingerprint density at radius 1 is 1.56 bits per heavy atom. The predicted molar refractivity (Wildman–Crippen MR) is 69.3 cm³/mol. The van der Waals surface area contributed by atoms with E-state index in [9.17, 15) is 14.3 Å². The van der Waals surface area contributed by atoms with Crippen molar-refractivity contribution in [3.63, 3.8) is 0 Å². The number of likely N-dealkylation sites (N-methyl/N-ethyl adjacent to an activating group) is 1. The summed E-state index contributed by atoms with van der Waals surface area (Å²) in [5.74, 6) is -0.658. The molecule has 2 N–H and O–H groups in total. The second-order valence-corrected chi connectivity index (χ2v) is 5.54. The number of carbonyl (C=O) groups is 1. The SMILES string of the molecule is CNC(CSc1ccccc1F)(C(=O)O)C1CC1. The molecule has 2 rings (SSSR count). The van der Waals surface area contributed by atoms with E-state index < -0.39 is 11.5 Å². The molecule has 98 valence electrons. The number of carboxylic acids is 1. The van der Waals surface area contributed by atoms with E-state index in [-0.39, 0.29) is 11.7 Å². The number of carboxylic acid groups (broad SMARTS) is 1. The van der Waals surface area contributed by atoms with Crippen molar-refractivity contribution in [1.29, 1.82) is 0 Å². The third-order valence-electron chi connectivity index (χ3n) is 3.39. The van der Waals surface area contributed by atoms with Crippen LogP contribution >= 0.6 is 11.8 Å². The molecule has 1 atom stereocenters. The van der Waals surface area contributed by atoms with Crippen molar-refractivity contribution in [2.45, 2.75) is 23.3 Å². The summed E-state index contributed by atoms with van der Waals surface area (Å²) in [6.07, 6.45) is 1.84. The lowest BCUT2D eigenvalue weighted by Gasteiger charge is -2.28. The van der Waals surface area contributed by atoms with Gasteiger partial charge in [-0.15, -0.1) is 11.8 Å². The number of hydrogen-bond donors (Lipinski definition) is 2. The van der Waals surface area contributed by atoms with Gasteiger partial charge >= 0.3 is 5.97 Å². The number of aliphatic carboxylic acids is 1. The Kier molecular flexibility index (Phi) is 3.92. The summed E-state index contributed by atoms with van der Waals surface area (Å²) in [6, 6.07) is 6.45. The van der Waals surface area contributed by atoms with Gasteiger partial charge in [-0.05, 0) is 37.9 Å². The van der Waals surface area contributed by atoms with E-state index in [1.54, 1.807) is 25.2 Å². The van der Waals surface area contributed by atoms with Gasteiger partial charge in [-0.3, -0.25) is 4.79 Å². The molecule has 1 saturated carbocycles. The van der Waals surface area contributed by atoms with Crippen molar-refractivity contribution in [1.82, 2.24) is 5.32 Å². The number of halogens is 1. The van der Waals surface area contributed by atoms with Gasteiger partial charge in [-0.1, -0.05) is 12.1 Å². The average molecular weight is 269 g/mol. The van der Waals surface area contributed by atoms with E-state index in [0.717, 1.165) is 12.8 Å². The van der Waals surface area contributed by atoms with Crippen LogP contribution in [0.1, 0.15) is 12.8 Å². The van der Waals surface area contributed by atoms with Crippen LogP contribution in [0.2, 0.25) is 0 Å². The van der Waals surface area contributed by atoms with E-state index in [1.807, 2.05) is 0 Å². The molecule has 0 aliphatic heterocycles. The summed E-state index contributed by atoms with van der Waals surface area (Å²) in [4.78, 5) is 12.0. The lowest BCUT2D eigenvalue weighted by atomic mass is 9.96. The summed E-state index contributed by atoms with van der Waals surface area (Å²) in [7, 11) is 1.66. The van der Waals surface area contributed by atoms with Crippen molar-refractivity contribution < 1.29 is 14.3 Å². The van der Waals surface area contributed by atoms with Gasteiger partial charge in [-0.25, -0.2) is 4.39 Å². The Bertz CT molecular complexity index is 450. The van der Waals surface area contributed by atoms with E-state index in [2.05, 4.69) is 5.32 Å². The topological polar surface area (TPSA) is 49.3 Å². The average Bonchev–Trinajstić information content (AvgIpc) is 3.17. The Balaban J connectivity index is 2.11. The minimum absolute atomic E-state index is 0.152. The quantitative estimate of drug-likeness (QED) is 0.778. The Morgan fingerprint density at radius 3 is 2.72 bits per heavy atom. The maximum absolute atomic E-state index is 13.5. The highest BCUT2D eigenvalue weighted by Crippen LogP contribution is 2.42. The molecule has 1 aliphatic rings. The van der Waals surface area contributed by atoms with Gasteiger partial charge in [-0.2, -0.15) is 0 Å². The van der Waals surface area contributed by atoms with Crippen LogP contribution in [-0.2, 0) is 4.79 Å². The number of thioether (sulfide) groups is 1. The minimum Gasteiger partial charge on any atom is -0.480 e. The minimum atomic E-state index is -0.938. The molecule has 1 aromatic carbocycles. The van der Waals surface area contributed by atoms with Gasteiger partial charge < -0.3 is 10.4 Å². The molecule has 1 unspecified atom stereocenters. The van der Waals surface area contributed by atoms with Crippen LogP contribution in [0.3, 0.4) is 0 Å². The van der Waals surface area contributed by atoms with Crippen LogP contribution in [0.5, 0.6) is 0 Å². The largest absolute Gasteiger partial charge is 0.480 e. The molecule has 3 nitrogen and oxygen atoms in total. The van der Waals surface area contributed by atoms with Crippen LogP contribution in [-0.4, -0.2) is 29.4 Å². The fraction of sp³-hybridized carbons (Fsp3) is 0.462. The summed E-state index contributed by atoms with van der Waals surface area (Å²) in [5.41, 5.74) is -0.938. The fourth-order valence-electron chi connectivity index (χ4n) is 2.07. The highest BCUT2D eigenvalue weighted by Gasteiger charge is 2.50. The molecule has 18 heavy (non-hydrogen) atoms. The highest BCUT2D eigenvalue weighted by molar-refractivity contribution is 7.99. The van der Waals surface area contributed by atoms with E-state index in [4.69, 9.17) is 0 Å². The van der Waals surface area contributed by atoms with Gasteiger partial charge in [0.05, 0.1) is 0 Å². The normalized spacial score (nSPS) is 18.3. The Hall–Kier alpha value is -1.07. The highest BCUT2D eigenvalue weighted by atomic mass is 32.2. The first-order chi connectivity index (χ1) is 8.60. The van der Waals surface area contributed by atoms with Gasteiger partial charge in [0.1, 0.15) is 11.4 Å². The zero-order valence-electron chi connectivity index (χ0n) is 10.1. The summed E-state index contributed by atoms with van der Waals surface area (Å²) >= 11 is 1.26. The first-order valence-electron chi connectivity index (χ1n) is 5.90. The molecule has 0 spiro atoms. The molecule has 0 radical (unpaired) electrons. The van der Waals surface area contributed by atoms with Crippen LogP contribution in [0, 0.1) is 11.7 Å². The fourth-order valence-corrected chi connectivity index (χ4v) is 3.33. The number of nitrogens with one attached hydrogen (secondary N) is 1. The summed E-state index contributed by atoms with van der Waals surface area (Å²) < 4.78 is 13.5. The number of rotatable bonds is 6. The third kappa shape index (κ3) is 2.52. The van der Waals surface area contributed by atoms with Crippen molar-refractivity contribution in [2.24, 2.45) is 5.92 Å².